The summed E-state index contributed by atoms with van der Waals surface area (Å²) in [6.07, 6.45) is 0.523. The summed E-state index contributed by atoms with van der Waals surface area (Å²) in [5.41, 5.74) is 0.755. The highest BCUT2D eigenvalue weighted by atomic mass is 35.5. The summed E-state index contributed by atoms with van der Waals surface area (Å²) < 4.78 is 5.05. The zero-order chi connectivity index (χ0) is 13.0. The molecule has 4 nitrogen and oxygen atoms in total. The summed E-state index contributed by atoms with van der Waals surface area (Å²) in [7, 11) is 3.27. The molecule has 17 heavy (non-hydrogen) atoms. The van der Waals surface area contributed by atoms with Gasteiger partial charge in [-0.3, -0.25) is 0 Å². The number of nitrogens with zero attached hydrogens (tertiary/aromatic N) is 1. The van der Waals surface area contributed by atoms with Crippen LogP contribution in [0.15, 0.2) is 18.2 Å². The van der Waals surface area contributed by atoms with E-state index in [4.69, 9.17) is 21.4 Å². The Balaban J connectivity index is 2.99. The van der Waals surface area contributed by atoms with Gasteiger partial charge in [0.25, 0.3) is 0 Å². The van der Waals surface area contributed by atoms with Gasteiger partial charge in [0.2, 0.25) is 0 Å². The van der Waals surface area contributed by atoms with Crippen molar-refractivity contribution in [3.05, 3.63) is 23.2 Å². The fourth-order valence-corrected chi connectivity index (χ4v) is 1.92. The lowest BCUT2D eigenvalue weighted by Crippen LogP contribution is -2.37. The minimum absolute atomic E-state index is 0.470. The maximum absolute atomic E-state index is 11.1. The van der Waals surface area contributed by atoms with Gasteiger partial charge >= 0.3 is 5.97 Å². The van der Waals surface area contributed by atoms with E-state index in [0.717, 1.165) is 5.69 Å². The quantitative estimate of drug-likeness (QED) is 0.881. The van der Waals surface area contributed by atoms with Crippen LogP contribution < -0.4 is 9.64 Å². The van der Waals surface area contributed by atoms with E-state index >= 15 is 0 Å². The van der Waals surface area contributed by atoms with Gasteiger partial charge in [-0.2, -0.15) is 0 Å². The van der Waals surface area contributed by atoms with Gasteiger partial charge in [0.05, 0.1) is 12.1 Å². The van der Waals surface area contributed by atoms with Crippen molar-refractivity contribution >= 4 is 23.3 Å². The third-order valence-electron chi connectivity index (χ3n) is 2.68. The highest BCUT2D eigenvalue weighted by Crippen LogP contribution is 2.29. The van der Waals surface area contributed by atoms with Crippen molar-refractivity contribution in [2.45, 2.75) is 19.4 Å². The van der Waals surface area contributed by atoms with E-state index in [-0.39, 0.29) is 0 Å². The van der Waals surface area contributed by atoms with Gasteiger partial charge in [-0.05, 0) is 24.6 Å². The Kier molecular flexibility index (Phi) is 4.63. The number of hydrogen-bond acceptors (Lipinski definition) is 3. The maximum Gasteiger partial charge on any atom is 0.326 e. The van der Waals surface area contributed by atoms with Crippen molar-refractivity contribution < 1.29 is 14.6 Å². The zero-order valence-corrected chi connectivity index (χ0v) is 10.9. The Morgan fingerprint density at radius 3 is 2.65 bits per heavy atom. The highest BCUT2D eigenvalue weighted by molar-refractivity contribution is 6.32. The Morgan fingerprint density at radius 2 is 2.24 bits per heavy atom. The van der Waals surface area contributed by atoms with Crippen molar-refractivity contribution in [2.24, 2.45) is 0 Å². The molecular weight excluding hydrogens is 242 g/mol. The van der Waals surface area contributed by atoms with Crippen LogP contribution in [0.2, 0.25) is 5.02 Å². The molecule has 0 heterocycles. The van der Waals surface area contributed by atoms with Crippen LogP contribution in [-0.4, -0.2) is 31.3 Å². The number of aliphatic carboxylic acids is 1. The topological polar surface area (TPSA) is 49.8 Å². The number of hydrogen-bond donors (Lipinski definition) is 1. The molecule has 0 bridgehead atoms. The summed E-state index contributed by atoms with van der Waals surface area (Å²) in [5.74, 6) is -0.269. The second-order valence-electron chi connectivity index (χ2n) is 3.69. The molecule has 0 aliphatic carbocycles. The molecule has 1 N–H and O–H groups in total. The molecule has 5 heteroatoms. The lowest BCUT2D eigenvalue weighted by molar-refractivity contribution is -0.138. The monoisotopic (exact) mass is 257 g/mol. The van der Waals surface area contributed by atoms with Gasteiger partial charge in [0, 0.05) is 12.7 Å². The van der Waals surface area contributed by atoms with Crippen LogP contribution in [0, 0.1) is 0 Å². The van der Waals surface area contributed by atoms with E-state index in [1.165, 1.54) is 7.11 Å². The lowest BCUT2D eigenvalue weighted by atomic mass is 10.1. The standard InChI is InChI=1S/C12H16ClNO3/c1-4-10(12(15)16)14(2)8-5-6-11(17-3)9(13)7-8/h5-7,10H,4H2,1-3H3,(H,15,16). The average Bonchev–Trinajstić information content (AvgIpc) is 2.29. The Bertz CT molecular complexity index is 409. The second-order valence-corrected chi connectivity index (χ2v) is 4.10. The first-order chi connectivity index (χ1) is 8.01. The van der Waals surface area contributed by atoms with Crippen LogP contribution >= 0.6 is 11.6 Å². The van der Waals surface area contributed by atoms with Crippen LogP contribution in [-0.2, 0) is 4.79 Å². The van der Waals surface area contributed by atoms with E-state index in [1.807, 2.05) is 6.92 Å². The smallest absolute Gasteiger partial charge is 0.326 e. The van der Waals surface area contributed by atoms with Crippen LogP contribution in [0.3, 0.4) is 0 Å². The molecule has 0 aliphatic rings. The van der Waals surface area contributed by atoms with E-state index < -0.39 is 12.0 Å². The number of carboxylic acids is 1. The van der Waals surface area contributed by atoms with Crippen LogP contribution in [0.1, 0.15) is 13.3 Å². The van der Waals surface area contributed by atoms with Gasteiger partial charge in [-0.25, -0.2) is 4.79 Å². The molecule has 0 amide bonds. The Morgan fingerprint density at radius 1 is 1.59 bits per heavy atom. The molecular formula is C12H16ClNO3. The summed E-state index contributed by atoms with van der Waals surface area (Å²) in [6.45, 7) is 1.83. The van der Waals surface area contributed by atoms with E-state index in [2.05, 4.69) is 0 Å². The van der Waals surface area contributed by atoms with Gasteiger partial charge in [-0.1, -0.05) is 18.5 Å². The van der Waals surface area contributed by atoms with Crippen molar-refractivity contribution in [3.63, 3.8) is 0 Å². The molecule has 0 saturated heterocycles. The van der Waals surface area contributed by atoms with E-state index in [1.54, 1.807) is 30.1 Å². The number of benzene rings is 1. The maximum atomic E-state index is 11.1. The lowest BCUT2D eigenvalue weighted by Gasteiger charge is -2.26. The molecule has 0 saturated carbocycles. The third kappa shape index (κ3) is 3.03. The van der Waals surface area contributed by atoms with Crippen molar-refractivity contribution in [3.8, 4) is 5.75 Å². The van der Waals surface area contributed by atoms with Crippen LogP contribution in [0.4, 0.5) is 5.69 Å². The predicted molar refractivity (Wildman–Crippen MR) is 68.1 cm³/mol. The summed E-state index contributed by atoms with van der Waals surface area (Å²) in [5, 5.41) is 9.55. The SMILES string of the molecule is CCC(C(=O)O)N(C)c1ccc(OC)c(Cl)c1. The molecule has 0 spiro atoms. The molecule has 1 rings (SSSR count). The Labute approximate surface area is 106 Å². The van der Waals surface area contributed by atoms with Crippen molar-refractivity contribution in [1.29, 1.82) is 0 Å². The first kappa shape index (κ1) is 13.6. The summed E-state index contributed by atoms with van der Waals surface area (Å²) in [6, 6.07) is 4.66. The van der Waals surface area contributed by atoms with E-state index in [9.17, 15) is 4.79 Å². The highest BCUT2D eigenvalue weighted by Gasteiger charge is 2.21. The first-order valence-electron chi connectivity index (χ1n) is 5.30. The molecule has 1 aromatic carbocycles. The van der Waals surface area contributed by atoms with Crippen LogP contribution in [0.25, 0.3) is 0 Å². The fraction of sp³-hybridized carbons (Fsp3) is 0.417. The largest absolute Gasteiger partial charge is 0.495 e. The number of halogens is 1. The molecule has 0 fully saturated rings. The predicted octanol–water partition coefficient (Wildman–Crippen LogP) is 2.65. The Hall–Kier alpha value is -1.42. The number of likely N-dealkylation sites (N-methyl/N-ethyl adjacent to an activating group) is 1. The van der Waals surface area contributed by atoms with Gasteiger partial charge in [0.1, 0.15) is 11.8 Å². The molecule has 0 radical (unpaired) electrons. The van der Waals surface area contributed by atoms with Gasteiger partial charge in [-0.15, -0.1) is 0 Å². The summed E-state index contributed by atoms with van der Waals surface area (Å²) >= 11 is 6.00. The van der Waals surface area contributed by atoms with Gasteiger partial charge < -0.3 is 14.7 Å². The van der Waals surface area contributed by atoms with E-state index in [0.29, 0.717) is 17.2 Å². The second kappa shape index (κ2) is 5.77. The number of rotatable bonds is 5. The first-order valence-corrected chi connectivity index (χ1v) is 5.68. The molecule has 1 unspecified atom stereocenters. The average molecular weight is 258 g/mol. The minimum atomic E-state index is -0.845. The number of methoxy groups -OCH3 is 1. The van der Waals surface area contributed by atoms with Crippen LogP contribution in [0.5, 0.6) is 5.75 Å². The molecule has 1 aromatic rings. The van der Waals surface area contributed by atoms with Gasteiger partial charge in [0.15, 0.2) is 0 Å². The van der Waals surface area contributed by atoms with Crippen molar-refractivity contribution in [2.75, 3.05) is 19.1 Å². The zero-order valence-electron chi connectivity index (χ0n) is 10.1. The third-order valence-corrected chi connectivity index (χ3v) is 2.98. The number of carboxylic acid groups (broad SMARTS) is 1. The van der Waals surface area contributed by atoms with Crippen molar-refractivity contribution in [1.82, 2.24) is 0 Å². The molecule has 0 aromatic heterocycles. The molecule has 0 aliphatic heterocycles. The minimum Gasteiger partial charge on any atom is -0.495 e. The normalized spacial score (nSPS) is 12.0. The number of anilines is 1. The molecule has 94 valence electrons. The number of carbonyl (C=O) groups is 1. The fourth-order valence-electron chi connectivity index (χ4n) is 1.67. The number of ether oxygens (including phenoxy) is 1. The molecule has 1 atom stereocenters. The summed E-state index contributed by atoms with van der Waals surface area (Å²) in [4.78, 5) is 12.7.